The Bertz CT molecular complexity index is 854. The normalized spacial score (nSPS) is 14.8. The van der Waals surface area contributed by atoms with Gasteiger partial charge in [-0.3, -0.25) is 9.69 Å². The Morgan fingerprint density at radius 1 is 1.35 bits per heavy atom. The zero-order valence-electron chi connectivity index (χ0n) is 15.1. The number of nitrogens with one attached hydrogen (secondary N) is 1. The first-order valence-corrected chi connectivity index (χ1v) is 8.77. The molecule has 0 aromatic carbocycles. The van der Waals surface area contributed by atoms with Crippen molar-refractivity contribution in [1.82, 2.24) is 15.5 Å². The van der Waals surface area contributed by atoms with E-state index < -0.39 is 17.6 Å². The molecule has 140 valence electrons. The van der Waals surface area contributed by atoms with E-state index in [9.17, 15) is 9.59 Å². The predicted molar refractivity (Wildman–Crippen MR) is 96.6 cm³/mol. The van der Waals surface area contributed by atoms with Gasteiger partial charge in [-0.15, -0.1) is 0 Å². The van der Waals surface area contributed by atoms with Crippen molar-refractivity contribution in [2.75, 3.05) is 11.9 Å². The lowest BCUT2D eigenvalue weighted by Gasteiger charge is -2.25. The minimum absolute atomic E-state index is 0.0201. The predicted octanol–water partition coefficient (Wildman–Crippen LogP) is 3.53. The number of amides is 2. The van der Waals surface area contributed by atoms with Crippen LogP contribution in [0.25, 0.3) is 11.0 Å². The van der Waals surface area contributed by atoms with Gasteiger partial charge in [0.25, 0.3) is 5.91 Å². The van der Waals surface area contributed by atoms with Gasteiger partial charge in [0, 0.05) is 19.2 Å². The van der Waals surface area contributed by atoms with Crippen LogP contribution >= 0.6 is 11.6 Å². The van der Waals surface area contributed by atoms with Crippen LogP contribution < -0.4 is 10.2 Å². The van der Waals surface area contributed by atoms with E-state index in [0.29, 0.717) is 5.69 Å². The highest BCUT2D eigenvalue weighted by molar-refractivity contribution is 6.30. The lowest BCUT2D eigenvalue weighted by atomic mass is 9.93. The molecule has 1 aliphatic rings. The summed E-state index contributed by atoms with van der Waals surface area (Å²) >= 11 is 6.09. The first-order chi connectivity index (χ1) is 12.2. The molecule has 2 amide bonds. The van der Waals surface area contributed by atoms with Crippen molar-refractivity contribution in [3.63, 3.8) is 0 Å². The highest BCUT2D eigenvalue weighted by atomic mass is 35.5. The molecule has 0 atom stereocenters. The fourth-order valence-electron chi connectivity index (χ4n) is 2.51. The standard InChI is InChI=1S/C17H21ClN4O4/c1-17(2,3)25-16(24)22(4)10-8-11(18)20-13-12(10)21-26-14(13)15(23)19-9-6-5-7-9/h8-9H,5-7H2,1-4H3,(H,19,23). The first-order valence-electron chi connectivity index (χ1n) is 8.39. The van der Waals surface area contributed by atoms with E-state index in [1.54, 1.807) is 20.8 Å². The second-order valence-electron chi connectivity index (χ2n) is 7.31. The van der Waals surface area contributed by atoms with Gasteiger partial charge in [0.1, 0.15) is 16.3 Å². The van der Waals surface area contributed by atoms with E-state index in [1.807, 2.05) is 0 Å². The van der Waals surface area contributed by atoms with Crippen LogP contribution in [0.1, 0.15) is 50.6 Å². The monoisotopic (exact) mass is 380 g/mol. The number of rotatable bonds is 3. The van der Waals surface area contributed by atoms with Gasteiger partial charge in [-0.25, -0.2) is 9.78 Å². The number of carbonyl (C=O) groups excluding carboxylic acids is 2. The molecule has 3 rings (SSSR count). The molecule has 0 radical (unpaired) electrons. The van der Waals surface area contributed by atoms with Crippen LogP contribution in [0, 0.1) is 0 Å². The van der Waals surface area contributed by atoms with Crippen molar-refractivity contribution in [1.29, 1.82) is 0 Å². The van der Waals surface area contributed by atoms with Gasteiger partial charge in [-0.1, -0.05) is 16.8 Å². The summed E-state index contributed by atoms with van der Waals surface area (Å²) < 4.78 is 10.6. The van der Waals surface area contributed by atoms with Crippen LogP contribution in [0.5, 0.6) is 0 Å². The fourth-order valence-corrected chi connectivity index (χ4v) is 2.70. The molecular formula is C17H21ClN4O4. The Hall–Kier alpha value is -2.35. The second-order valence-corrected chi connectivity index (χ2v) is 7.70. The molecule has 1 N–H and O–H groups in total. The van der Waals surface area contributed by atoms with E-state index in [-0.39, 0.29) is 28.0 Å². The van der Waals surface area contributed by atoms with Crippen LogP contribution in [-0.2, 0) is 4.74 Å². The van der Waals surface area contributed by atoms with Crippen LogP contribution in [0.15, 0.2) is 10.6 Å². The van der Waals surface area contributed by atoms with Crippen LogP contribution in [0.2, 0.25) is 5.15 Å². The van der Waals surface area contributed by atoms with Gasteiger partial charge in [0.05, 0.1) is 5.69 Å². The number of hydrogen-bond donors (Lipinski definition) is 1. The molecule has 0 spiro atoms. The smallest absolute Gasteiger partial charge is 0.414 e. The number of halogens is 1. The summed E-state index contributed by atoms with van der Waals surface area (Å²) in [5.41, 5.74) is 0.167. The highest BCUT2D eigenvalue weighted by Crippen LogP contribution is 2.30. The summed E-state index contributed by atoms with van der Waals surface area (Å²) in [6, 6.07) is 1.62. The molecule has 2 aromatic rings. The molecule has 2 heterocycles. The summed E-state index contributed by atoms with van der Waals surface area (Å²) in [5, 5.41) is 6.91. The number of pyridine rings is 1. The van der Waals surface area contributed by atoms with Crippen molar-refractivity contribution < 1.29 is 18.8 Å². The average molecular weight is 381 g/mol. The molecule has 26 heavy (non-hydrogen) atoms. The van der Waals surface area contributed by atoms with E-state index in [0.717, 1.165) is 19.3 Å². The third kappa shape index (κ3) is 3.75. The summed E-state index contributed by atoms with van der Waals surface area (Å²) in [6.07, 6.45) is 2.40. The summed E-state index contributed by atoms with van der Waals surface area (Å²) in [5.74, 6) is -0.411. The molecule has 0 unspecified atom stereocenters. The van der Waals surface area contributed by atoms with E-state index >= 15 is 0 Å². The van der Waals surface area contributed by atoms with Gasteiger partial charge in [0.2, 0.25) is 5.76 Å². The quantitative estimate of drug-likeness (QED) is 0.818. The molecule has 1 aliphatic carbocycles. The summed E-state index contributed by atoms with van der Waals surface area (Å²) in [6.45, 7) is 5.31. The van der Waals surface area contributed by atoms with Crippen molar-refractivity contribution in [2.45, 2.75) is 51.7 Å². The summed E-state index contributed by atoms with van der Waals surface area (Å²) in [7, 11) is 1.53. The second kappa shape index (κ2) is 6.75. The minimum atomic E-state index is -0.654. The lowest BCUT2D eigenvalue weighted by molar-refractivity contribution is 0.0589. The Labute approximate surface area is 155 Å². The molecule has 9 heteroatoms. The zero-order chi connectivity index (χ0) is 19.1. The third-order valence-corrected chi connectivity index (χ3v) is 4.25. The molecule has 2 aromatic heterocycles. The maximum Gasteiger partial charge on any atom is 0.414 e. The van der Waals surface area contributed by atoms with Crippen LogP contribution in [0.3, 0.4) is 0 Å². The Balaban J connectivity index is 1.94. The molecule has 1 saturated carbocycles. The molecular weight excluding hydrogens is 360 g/mol. The third-order valence-electron chi connectivity index (χ3n) is 4.06. The van der Waals surface area contributed by atoms with E-state index in [4.69, 9.17) is 20.9 Å². The topological polar surface area (TPSA) is 97.6 Å². The van der Waals surface area contributed by atoms with Gasteiger partial charge in [-0.05, 0) is 40.0 Å². The van der Waals surface area contributed by atoms with Crippen molar-refractivity contribution in [3.8, 4) is 0 Å². The van der Waals surface area contributed by atoms with Gasteiger partial charge in [0.15, 0.2) is 5.52 Å². The fraction of sp³-hybridized carbons (Fsp3) is 0.529. The van der Waals surface area contributed by atoms with Gasteiger partial charge < -0.3 is 14.6 Å². The number of anilines is 1. The maximum absolute atomic E-state index is 12.4. The van der Waals surface area contributed by atoms with Crippen molar-refractivity contribution >= 4 is 40.3 Å². The molecule has 0 bridgehead atoms. The van der Waals surface area contributed by atoms with Crippen molar-refractivity contribution in [2.24, 2.45) is 0 Å². The number of hydrogen-bond acceptors (Lipinski definition) is 6. The Morgan fingerprint density at radius 3 is 2.62 bits per heavy atom. The number of aromatic nitrogens is 2. The van der Waals surface area contributed by atoms with E-state index in [1.165, 1.54) is 18.0 Å². The number of carbonyl (C=O) groups is 2. The minimum Gasteiger partial charge on any atom is -0.443 e. The Kier molecular flexibility index (Phi) is 4.79. The molecule has 8 nitrogen and oxygen atoms in total. The SMILES string of the molecule is CN(C(=O)OC(C)(C)C)c1cc(Cl)nc2c(C(=O)NC3CCC3)onc12. The van der Waals surface area contributed by atoms with Crippen LogP contribution in [0.4, 0.5) is 10.5 Å². The maximum atomic E-state index is 12.4. The Morgan fingerprint density at radius 2 is 2.04 bits per heavy atom. The largest absolute Gasteiger partial charge is 0.443 e. The van der Waals surface area contributed by atoms with Gasteiger partial charge in [-0.2, -0.15) is 0 Å². The van der Waals surface area contributed by atoms with Gasteiger partial charge >= 0.3 is 6.09 Å². The first kappa shape index (κ1) is 18.4. The highest BCUT2D eigenvalue weighted by Gasteiger charge is 2.28. The number of ether oxygens (including phenoxy) is 1. The average Bonchev–Trinajstić information content (AvgIpc) is 2.91. The molecule has 0 aliphatic heterocycles. The molecule has 1 fully saturated rings. The summed E-state index contributed by atoms with van der Waals surface area (Å²) in [4.78, 5) is 30.2. The lowest BCUT2D eigenvalue weighted by Crippen LogP contribution is -2.39. The van der Waals surface area contributed by atoms with Crippen LogP contribution in [-0.4, -0.2) is 40.8 Å². The number of nitrogens with zero attached hydrogens (tertiary/aromatic N) is 3. The number of fused-ring (bicyclic) bond motifs is 1. The molecule has 0 saturated heterocycles. The van der Waals surface area contributed by atoms with Crippen molar-refractivity contribution in [3.05, 3.63) is 17.0 Å². The zero-order valence-corrected chi connectivity index (χ0v) is 15.9. The van der Waals surface area contributed by atoms with E-state index in [2.05, 4.69) is 15.5 Å².